The lowest BCUT2D eigenvalue weighted by Crippen LogP contribution is -2.28. The third kappa shape index (κ3) is 3.54. The van der Waals surface area contributed by atoms with Gasteiger partial charge in [0.1, 0.15) is 27.3 Å². The summed E-state index contributed by atoms with van der Waals surface area (Å²) in [4.78, 5) is 18.9. The van der Waals surface area contributed by atoms with Gasteiger partial charge in [-0.05, 0) is 18.6 Å². The minimum atomic E-state index is -0.773. The molecule has 1 fully saturated rings. The molecule has 0 saturated carbocycles. The maximum atomic E-state index is 14.0. The Morgan fingerprint density at radius 2 is 2.07 bits per heavy atom. The summed E-state index contributed by atoms with van der Waals surface area (Å²) in [5.74, 6) is -1.41. The molecule has 1 aromatic carbocycles. The number of hydrogen-bond donors (Lipinski definition) is 3. The lowest BCUT2D eigenvalue weighted by atomic mass is 10.2. The topological polar surface area (TPSA) is 115 Å². The number of anilines is 3. The summed E-state index contributed by atoms with van der Waals surface area (Å²) >= 11 is 0.848. The van der Waals surface area contributed by atoms with E-state index in [1.165, 1.54) is 12.3 Å². The number of nitrogens with two attached hydrogens (primary N) is 2. The number of thiazole rings is 1. The first-order chi connectivity index (χ1) is 13.8. The molecule has 2 aromatic heterocycles. The molecule has 4 rings (SSSR count). The standard InChI is InChI=1S/C18H19F2N7OS/c1-26-18(27-6-5-9(21)8-27)12(7-23-26)24-16(28)14-15(22)29-17(25-14)13-10(19)3-2-4-11(13)20/h2-4,7,9H,5-6,8,21-22H2,1H3,(H,24,28)/t9-/m0/s1. The molecular formula is C18H19F2N7OS. The van der Waals surface area contributed by atoms with E-state index in [1.807, 2.05) is 4.90 Å². The Balaban J connectivity index is 1.62. The first-order valence-corrected chi connectivity index (χ1v) is 9.71. The van der Waals surface area contributed by atoms with E-state index in [0.29, 0.717) is 12.2 Å². The molecule has 0 radical (unpaired) electrons. The second-order valence-corrected chi connectivity index (χ2v) is 7.81. The fourth-order valence-electron chi connectivity index (χ4n) is 3.36. The Labute approximate surface area is 169 Å². The zero-order valence-corrected chi connectivity index (χ0v) is 16.3. The van der Waals surface area contributed by atoms with Crippen LogP contribution in [0.3, 0.4) is 0 Å². The van der Waals surface area contributed by atoms with E-state index >= 15 is 0 Å². The monoisotopic (exact) mass is 419 g/mol. The van der Waals surface area contributed by atoms with E-state index in [-0.39, 0.29) is 27.3 Å². The van der Waals surface area contributed by atoms with Crippen molar-refractivity contribution < 1.29 is 13.6 Å². The number of amides is 1. The van der Waals surface area contributed by atoms with Gasteiger partial charge in [-0.2, -0.15) is 5.10 Å². The molecule has 1 saturated heterocycles. The normalized spacial score (nSPS) is 16.4. The maximum Gasteiger partial charge on any atom is 0.277 e. The average Bonchev–Trinajstić information content (AvgIpc) is 3.34. The van der Waals surface area contributed by atoms with Gasteiger partial charge in [0.05, 0.1) is 11.8 Å². The number of nitrogens with one attached hydrogen (secondary N) is 1. The van der Waals surface area contributed by atoms with Crippen LogP contribution in [0.2, 0.25) is 0 Å². The van der Waals surface area contributed by atoms with Crippen molar-refractivity contribution in [3.05, 3.63) is 41.7 Å². The molecule has 3 aromatic rings. The number of benzene rings is 1. The van der Waals surface area contributed by atoms with E-state index in [2.05, 4.69) is 15.4 Å². The highest BCUT2D eigenvalue weighted by molar-refractivity contribution is 7.19. The molecule has 11 heteroatoms. The molecule has 152 valence electrons. The Hall–Kier alpha value is -3.05. The lowest BCUT2D eigenvalue weighted by molar-refractivity contribution is 0.102. The van der Waals surface area contributed by atoms with Gasteiger partial charge < -0.3 is 21.7 Å². The van der Waals surface area contributed by atoms with Gasteiger partial charge in [-0.15, -0.1) is 0 Å². The van der Waals surface area contributed by atoms with Crippen LogP contribution in [-0.2, 0) is 7.05 Å². The number of aryl methyl sites for hydroxylation is 1. The highest BCUT2D eigenvalue weighted by Gasteiger charge is 2.27. The van der Waals surface area contributed by atoms with Crippen LogP contribution in [-0.4, -0.2) is 39.8 Å². The fourth-order valence-corrected chi connectivity index (χ4v) is 4.24. The quantitative estimate of drug-likeness (QED) is 0.597. The number of aromatic nitrogens is 3. The second-order valence-electron chi connectivity index (χ2n) is 6.78. The minimum Gasteiger partial charge on any atom is -0.389 e. The average molecular weight is 419 g/mol. The molecule has 0 aliphatic carbocycles. The lowest BCUT2D eigenvalue weighted by Gasteiger charge is -2.19. The van der Waals surface area contributed by atoms with Crippen LogP contribution < -0.4 is 21.7 Å². The van der Waals surface area contributed by atoms with E-state index < -0.39 is 17.5 Å². The van der Waals surface area contributed by atoms with Gasteiger partial charge in [-0.25, -0.2) is 13.8 Å². The highest BCUT2D eigenvalue weighted by atomic mass is 32.1. The van der Waals surface area contributed by atoms with E-state index in [9.17, 15) is 13.6 Å². The summed E-state index contributed by atoms with van der Waals surface area (Å²) in [6.07, 6.45) is 2.37. The van der Waals surface area contributed by atoms with Crippen LogP contribution in [0, 0.1) is 11.6 Å². The van der Waals surface area contributed by atoms with Crippen LogP contribution in [0.1, 0.15) is 16.9 Å². The molecule has 0 spiro atoms. The van der Waals surface area contributed by atoms with Crippen LogP contribution in [0.25, 0.3) is 10.6 Å². The first-order valence-electron chi connectivity index (χ1n) is 8.89. The van der Waals surface area contributed by atoms with Gasteiger partial charge in [0.15, 0.2) is 11.5 Å². The molecular weight excluding hydrogens is 400 g/mol. The number of rotatable bonds is 4. The number of nitrogen functional groups attached to an aromatic ring is 1. The van der Waals surface area contributed by atoms with Crippen molar-refractivity contribution in [3.63, 3.8) is 0 Å². The number of hydrogen-bond acceptors (Lipinski definition) is 7. The molecule has 29 heavy (non-hydrogen) atoms. The zero-order chi connectivity index (χ0) is 20.7. The second kappa shape index (κ2) is 7.41. The summed E-state index contributed by atoms with van der Waals surface area (Å²) in [6.45, 7) is 1.40. The molecule has 1 amide bonds. The van der Waals surface area contributed by atoms with Crippen LogP contribution in [0.15, 0.2) is 24.4 Å². The molecule has 3 heterocycles. The predicted octanol–water partition coefficient (Wildman–Crippen LogP) is 2.19. The Kier molecular flexibility index (Phi) is 4.92. The SMILES string of the molecule is Cn1ncc(NC(=O)c2nc(-c3c(F)cccc3F)sc2N)c1N1CC[C@H](N)C1. The van der Waals surface area contributed by atoms with E-state index in [4.69, 9.17) is 11.5 Å². The molecule has 0 unspecified atom stereocenters. The summed E-state index contributed by atoms with van der Waals surface area (Å²) in [6, 6.07) is 3.56. The van der Waals surface area contributed by atoms with Crippen molar-refractivity contribution in [1.29, 1.82) is 0 Å². The van der Waals surface area contributed by atoms with Gasteiger partial charge >= 0.3 is 0 Å². The Morgan fingerprint density at radius 1 is 1.34 bits per heavy atom. The van der Waals surface area contributed by atoms with E-state index in [0.717, 1.165) is 42.3 Å². The van der Waals surface area contributed by atoms with Crippen molar-refractivity contribution in [2.45, 2.75) is 12.5 Å². The number of carbonyl (C=O) groups is 1. The number of nitrogens with zero attached hydrogens (tertiary/aromatic N) is 4. The van der Waals surface area contributed by atoms with E-state index in [1.54, 1.807) is 11.7 Å². The third-order valence-corrected chi connectivity index (χ3v) is 5.63. The molecule has 1 atom stereocenters. The predicted molar refractivity (Wildman–Crippen MR) is 108 cm³/mol. The summed E-state index contributed by atoms with van der Waals surface area (Å²) in [5.41, 5.74) is 12.0. The van der Waals surface area contributed by atoms with Crippen molar-refractivity contribution in [3.8, 4) is 10.6 Å². The molecule has 8 nitrogen and oxygen atoms in total. The smallest absolute Gasteiger partial charge is 0.277 e. The summed E-state index contributed by atoms with van der Waals surface area (Å²) < 4.78 is 29.7. The van der Waals surface area contributed by atoms with Gasteiger partial charge in [0.2, 0.25) is 0 Å². The van der Waals surface area contributed by atoms with Gasteiger partial charge in [0.25, 0.3) is 5.91 Å². The van der Waals surface area contributed by atoms with Crippen molar-refractivity contribution >= 4 is 33.8 Å². The van der Waals surface area contributed by atoms with Crippen molar-refractivity contribution in [1.82, 2.24) is 14.8 Å². The minimum absolute atomic E-state index is 0.000164. The first kappa shape index (κ1) is 19.3. The molecule has 1 aliphatic heterocycles. The Morgan fingerprint density at radius 3 is 2.72 bits per heavy atom. The number of halogens is 2. The van der Waals surface area contributed by atoms with Crippen molar-refractivity contribution in [2.75, 3.05) is 29.0 Å². The van der Waals surface area contributed by atoms with Gasteiger partial charge in [-0.1, -0.05) is 17.4 Å². The summed E-state index contributed by atoms with van der Waals surface area (Å²) in [5, 5.41) is 7.01. The zero-order valence-electron chi connectivity index (χ0n) is 15.5. The number of carbonyl (C=O) groups excluding carboxylic acids is 1. The van der Waals surface area contributed by atoms with Crippen LogP contribution in [0.4, 0.5) is 25.3 Å². The molecule has 0 bridgehead atoms. The fraction of sp³-hybridized carbons (Fsp3) is 0.278. The van der Waals surface area contributed by atoms with Gasteiger partial charge in [0, 0.05) is 26.2 Å². The van der Waals surface area contributed by atoms with Crippen molar-refractivity contribution in [2.24, 2.45) is 12.8 Å². The largest absolute Gasteiger partial charge is 0.389 e. The van der Waals surface area contributed by atoms with Crippen LogP contribution >= 0.6 is 11.3 Å². The summed E-state index contributed by atoms with van der Waals surface area (Å²) in [7, 11) is 1.77. The Bertz CT molecular complexity index is 1060. The highest BCUT2D eigenvalue weighted by Crippen LogP contribution is 2.34. The molecule has 1 aliphatic rings. The van der Waals surface area contributed by atoms with Crippen LogP contribution in [0.5, 0.6) is 0 Å². The molecule has 5 N–H and O–H groups in total. The maximum absolute atomic E-state index is 14.0. The third-order valence-electron chi connectivity index (χ3n) is 4.72. The van der Waals surface area contributed by atoms with Gasteiger partial charge in [-0.3, -0.25) is 9.48 Å².